The lowest BCUT2D eigenvalue weighted by molar-refractivity contribution is 0.544. The van der Waals surface area contributed by atoms with Gasteiger partial charge >= 0.3 is 5.69 Å². The first-order valence-corrected chi connectivity index (χ1v) is 8.20. The van der Waals surface area contributed by atoms with Crippen LogP contribution in [-0.4, -0.2) is 24.7 Å². The van der Waals surface area contributed by atoms with Crippen molar-refractivity contribution in [1.29, 1.82) is 0 Å². The summed E-state index contributed by atoms with van der Waals surface area (Å²) in [6.07, 6.45) is 2.81. The van der Waals surface area contributed by atoms with E-state index in [9.17, 15) is 9.59 Å². The quantitative estimate of drug-likeness (QED) is 0.834. The van der Waals surface area contributed by atoms with E-state index in [-0.39, 0.29) is 23.2 Å². The number of aryl methyl sites for hydroxylation is 1. The molecule has 0 saturated carbocycles. The standard InChI is InChI=1S/C17H27N5O2/c1-10(2)7-8-22-13-15(19-14(22)11(3)9-12(4)18)20(5)17(24)21(6)16(13)23/h7,11-12H,8-9,18H2,1-6H3. The summed E-state index contributed by atoms with van der Waals surface area (Å²) in [6.45, 7) is 8.57. The van der Waals surface area contributed by atoms with Gasteiger partial charge in [0.1, 0.15) is 5.82 Å². The second kappa shape index (κ2) is 6.76. The van der Waals surface area contributed by atoms with Crippen LogP contribution in [0.3, 0.4) is 0 Å². The molecule has 0 radical (unpaired) electrons. The van der Waals surface area contributed by atoms with Crippen molar-refractivity contribution in [1.82, 2.24) is 18.7 Å². The molecule has 2 atom stereocenters. The van der Waals surface area contributed by atoms with Crippen LogP contribution in [0.4, 0.5) is 0 Å². The average Bonchev–Trinajstić information content (AvgIpc) is 2.87. The molecule has 132 valence electrons. The molecule has 2 unspecified atom stereocenters. The maximum absolute atomic E-state index is 12.7. The number of aromatic nitrogens is 4. The third-order valence-electron chi connectivity index (χ3n) is 4.23. The Kier molecular flexibility index (Phi) is 5.13. The molecule has 2 aromatic rings. The molecule has 0 aliphatic carbocycles. The molecular formula is C17H27N5O2. The van der Waals surface area contributed by atoms with E-state index in [1.165, 1.54) is 11.6 Å². The van der Waals surface area contributed by atoms with Crippen LogP contribution in [0.5, 0.6) is 0 Å². The maximum atomic E-state index is 12.7. The van der Waals surface area contributed by atoms with Gasteiger partial charge in [0.2, 0.25) is 0 Å². The molecule has 0 fully saturated rings. The van der Waals surface area contributed by atoms with Crippen LogP contribution in [0.25, 0.3) is 11.2 Å². The Bertz CT molecular complexity index is 894. The molecule has 2 rings (SSSR count). The maximum Gasteiger partial charge on any atom is 0.332 e. The van der Waals surface area contributed by atoms with E-state index in [4.69, 9.17) is 5.73 Å². The topological polar surface area (TPSA) is 87.8 Å². The summed E-state index contributed by atoms with van der Waals surface area (Å²) in [7, 11) is 3.13. The Morgan fingerprint density at radius 3 is 2.38 bits per heavy atom. The van der Waals surface area contributed by atoms with Crippen molar-refractivity contribution in [3.05, 3.63) is 38.3 Å². The van der Waals surface area contributed by atoms with Crippen molar-refractivity contribution < 1.29 is 0 Å². The van der Waals surface area contributed by atoms with Crippen LogP contribution in [-0.2, 0) is 20.6 Å². The van der Waals surface area contributed by atoms with Crippen LogP contribution in [0.15, 0.2) is 21.2 Å². The molecule has 0 spiro atoms. The average molecular weight is 333 g/mol. The predicted octanol–water partition coefficient (Wildman–Crippen LogP) is 1.24. The summed E-state index contributed by atoms with van der Waals surface area (Å²) in [5.74, 6) is 0.876. The van der Waals surface area contributed by atoms with Gasteiger partial charge in [0.05, 0.1) is 0 Å². The summed E-state index contributed by atoms with van der Waals surface area (Å²) >= 11 is 0. The van der Waals surface area contributed by atoms with Crippen LogP contribution in [0, 0.1) is 0 Å². The SMILES string of the molecule is CC(C)=CCn1c(C(C)CC(C)N)nc2c1c(=O)n(C)c(=O)n2C. The van der Waals surface area contributed by atoms with Gasteiger partial charge in [0.15, 0.2) is 11.2 Å². The van der Waals surface area contributed by atoms with Crippen molar-refractivity contribution in [2.45, 2.75) is 52.6 Å². The highest BCUT2D eigenvalue weighted by atomic mass is 16.2. The van der Waals surface area contributed by atoms with E-state index < -0.39 is 0 Å². The molecule has 7 heteroatoms. The first kappa shape index (κ1) is 18.2. The molecule has 24 heavy (non-hydrogen) atoms. The number of nitrogens with two attached hydrogens (primary N) is 1. The van der Waals surface area contributed by atoms with Crippen molar-refractivity contribution in [3.63, 3.8) is 0 Å². The zero-order chi connectivity index (χ0) is 18.2. The van der Waals surface area contributed by atoms with Gasteiger partial charge in [-0.1, -0.05) is 18.6 Å². The van der Waals surface area contributed by atoms with Crippen molar-refractivity contribution >= 4 is 11.2 Å². The molecule has 0 aromatic carbocycles. The molecule has 7 nitrogen and oxygen atoms in total. The monoisotopic (exact) mass is 333 g/mol. The highest BCUT2D eigenvalue weighted by Crippen LogP contribution is 2.23. The van der Waals surface area contributed by atoms with Crippen molar-refractivity contribution in [3.8, 4) is 0 Å². The van der Waals surface area contributed by atoms with Crippen molar-refractivity contribution in [2.24, 2.45) is 19.8 Å². The van der Waals surface area contributed by atoms with Crippen molar-refractivity contribution in [2.75, 3.05) is 0 Å². The van der Waals surface area contributed by atoms with Gasteiger partial charge < -0.3 is 10.3 Å². The zero-order valence-corrected chi connectivity index (χ0v) is 15.3. The normalized spacial score (nSPS) is 14.0. The molecular weight excluding hydrogens is 306 g/mol. The number of rotatable bonds is 5. The molecule has 2 heterocycles. The van der Waals surface area contributed by atoms with Gasteiger partial charge in [-0.15, -0.1) is 0 Å². The summed E-state index contributed by atoms with van der Waals surface area (Å²) in [5, 5.41) is 0. The van der Waals surface area contributed by atoms with Crippen LogP contribution in [0.1, 0.15) is 45.9 Å². The smallest absolute Gasteiger partial charge is 0.328 e. The zero-order valence-electron chi connectivity index (χ0n) is 15.3. The Morgan fingerprint density at radius 1 is 1.21 bits per heavy atom. The first-order valence-electron chi connectivity index (χ1n) is 8.20. The third kappa shape index (κ3) is 3.21. The van der Waals surface area contributed by atoms with E-state index in [0.717, 1.165) is 22.4 Å². The van der Waals surface area contributed by atoms with Crippen LogP contribution in [0.2, 0.25) is 0 Å². The highest BCUT2D eigenvalue weighted by molar-refractivity contribution is 5.71. The third-order valence-corrected chi connectivity index (χ3v) is 4.23. The van der Waals surface area contributed by atoms with Crippen LogP contribution < -0.4 is 17.0 Å². The van der Waals surface area contributed by atoms with E-state index in [1.54, 1.807) is 7.05 Å². The van der Waals surface area contributed by atoms with Gasteiger partial charge in [-0.3, -0.25) is 13.9 Å². The lowest BCUT2D eigenvalue weighted by Crippen LogP contribution is -2.37. The second-order valence-electron chi connectivity index (χ2n) is 6.85. The van der Waals surface area contributed by atoms with E-state index in [2.05, 4.69) is 4.98 Å². The minimum atomic E-state index is -0.370. The number of hydrogen-bond acceptors (Lipinski definition) is 4. The fraction of sp³-hybridized carbons (Fsp3) is 0.588. The number of fused-ring (bicyclic) bond motifs is 1. The fourth-order valence-electron chi connectivity index (χ4n) is 2.96. The molecule has 0 aliphatic heterocycles. The van der Waals surface area contributed by atoms with Gasteiger partial charge in [-0.25, -0.2) is 9.78 Å². The number of nitrogens with zero attached hydrogens (tertiary/aromatic N) is 4. The van der Waals surface area contributed by atoms with E-state index in [0.29, 0.717) is 17.7 Å². The Morgan fingerprint density at radius 2 is 1.83 bits per heavy atom. The fourth-order valence-corrected chi connectivity index (χ4v) is 2.96. The lowest BCUT2D eigenvalue weighted by Gasteiger charge is -2.15. The number of imidazole rings is 1. The minimum Gasteiger partial charge on any atom is -0.328 e. The van der Waals surface area contributed by atoms with Crippen LogP contribution >= 0.6 is 0 Å². The predicted molar refractivity (Wildman–Crippen MR) is 96.3 cm³/mol. The Labute approximate surface area is 141 Å². The van der Waals surface area contributed by atoms with Gasteiger partial charge in [0, 0.05) is 32.6 Å². The molecule has 0 aliphatic rings. The first-order chi connectivity index (χ1) is 11.1. The summed E-state index contributed by atoms with van der Waals surface area (Å²) in [5.41, 5.74) is 7.29. The molecule has 0 bridgehead atoms. The summed E-state index contributed by atoms with van der Waals surface area (Å²) in [6, 6.07) is 0.0309. The minimum absolute atomic E-state index is 0.0309. The molecule has 0 amide bonds. The summed E-state index contributed by atoms with van der Waals surface area (Å²) < 4.78 is 4.47. The molecule has 0 saturated heterocycles. The van der Waals surface area contributed by atoms with Gasteiger partial charge in [-0.05, 0) is 27.2 Å². The summed E-state index contributed by atoms with van der Waals surface area (Å²) in [4.78, 5) is 29.5. The van der Waals surface area contributed by atoms with Gasteiger partial charge in [-0.2, -0.15) is 0 Å². The van der Waals surface area contributed by atoms with Gasteiger partial charge in [0.25, 0.3) is 5.56 Å². The van der Waals surface area contributed by atoms with E-state index >= 15 is 0 Å². The Hall–Kier alpha value is -2.15. The lowest BCUT2D eigenvalue weighted by atomic mass is 10.0. The number of hydrogen-bond donors (Lipinski definition) is 1. The Balaban J connectivity index is 2.82. The molecule has 2 aromatic heterocycles. The largest absolute Gasteiger partial charge is 0.332 e. The highest BCUT2D eigenvalue weighted by Gasteiger charge is 2.22. The number of allylic oxidation sites excluding steroid dienone is 2. The molecule has 2 N–H and O–H groups in total. The van der Waals surface area contributed by atoms with E-state index in [1.807, 2.05) is 38.3 Å². The second-order valence-corrected chi connectivity index (χ2v) is 6.85.